The summed E-state index contributed by atoms with van der Waals surface area (Å²) in [6, 6.07) is 14.2. The van der Waals surface area contributed by atoms with E-state index in [-0.39, 0.29) is 5.82 Å². The lowest BCUT2D eigenvalue weighted by Crippen LogP contribution is -2.47. The van der Waals surface area contributed by atoms with Crippen LogP contribution in [0.3, 0.4) is 0 Å². The molecule has 3 rings (SSSR count). The molecular weight excluding hydrogens is 315 g/mol. The first-order valence-electron chi connectivity index (χ1n) is 7.79. The number of hydrogen-bond acceptors (Lipinski definition) is 3. The second kappa shape index (κ2) is 7.30. The fourth-order valence-corrected chi connectivity index (χ4v) is 3.14. The predicted octanol–water partition coefficient (Wildman–Crippen LogP) is 3.33. The average molecular weight is 335 g/mol. The summed E-state index contributed by atoms with van der Waals surface area (Å²) in [6.45, 7) is 3.66. The van der Waals surface area contributed by atoms with Crippen LogP contribution in [0.4, 0.5) is 10.1 Å². The van der Waals surface area contributed by atoms with E-state index >= 15 is 0 Å². The molecule has 1 atom stereocenters. The van der Waals surface area contributed by atoms with Gasteiger partial charge >= 0.3 is 0 Å². The molecule has 0 bridgehead atoms. The van der Waals surface area contributed by atoms with E-state index in [1.165, 1.54) is 6.07 Å². The lowest BCUT2D eigenvalue weighted by atomic mass is 10.1. The molecule has 1 aliphatic rings. The van der Waals surface area contributed by atoms with E-state index in [2.05, 4.69) is 9.80 Å². The van der Waals surface area contributed by atoms with Crippen LogP contribution in [0.15, 0.2) is 48.5 Å². The van der Waals surface area contributed by atoms with Crippen molar-refractivity contribution in [1.29, 1.82) is 0 Å². The molecular formula is C18H20ClFN2O. The van der Waals surface area contributed by atoms with Gasteiger partial charge < -0.3 is 10.0 Å². The molecule has 2 aromatic carbocycles. The van der Waals surface area contributed by atoms with Crippen LogP contribution in [0.1, 0.15) is 11.7 Å². The maximum absolute atomic E-state index is 13.8. The number of aliphatic hydroxyl groups excluding tert-OH is 1. The number of piperazine rings is 1. The molecule has 1 N–H and O–H groups in total. The molecule has 0 unspecified atom stereocenters. The maximum atomic E-state index is 13.8. The molecule has 1 fully saturated rings. The summed E-state index contributed by atoms with van der Waals surface area (Å²) >= 11 is 5.97. The fraction of sp³-hybridized carbons (Fsp3) is 0.333. The summed E-state index contributed by atoms with van der Waals surface area (Å²) in [5.74, 6) is -0.181. The summed E-state index contributed by atoms with van der Waals surface area (Å²) in [5.41, 5.74) is 1.48. The third-order valence-electron chi connectivity index (χ3n) is 4.23. The van der Waals surface area contributed by atoms with Crippen LogP contribution in [-0.4, -0.2) is 42.7 Å². The zero-order valence-electron chi connectivity index (χ0n) is 12.8. The molecule has 0 aromatic heterocycles. The zero-order chi connectivity index (χ0) is 16.2. The highest BCUT2D eigenvalue weighted by molar-refractivity contribution is 6.30. The molecule has 5 heteroatoms. The van der Waals surface area contributed by atoms with Crippen LogP contribution in [-0.2, 0) is 0 Å². The van der Waals surface area contributed by atoms with E-state index in [1.807, 2.05) is 24.3 Å². The van der Waals surface area contributed by atoms with Crippen molar-refractivity contribution in [3.63, 3.8) is 0 Å². The molecule has 1 heterocycles. The average Bonchev–Trinajstić information content (AvgIpc) is 2.56. The number of aliphatic hydroxyl groups is 1. The first-order valence-corrected chi connectivity index (χ1v) is 8.16. The van der Waals surface area contributed by atoms with Gasteiger partial charge in [-0.25, -0.2) is 4.39 Å². The quantitative estimate of drug-likeness (QED) is 0.929. The van der Waals surface area contributed by atoms with Gasteiger partial charge in [0.15, 0.2) is 0 Å². The summed E-state index contributed by atoms with van der Waals surface area (Å²) < 4.78 is 13.8. The van der Waals surface area contributed by atoms with Crippen LogP contribution >= 0.6 is 11.6 Å². The van der Waals surface area contributed by atoms with Gasteiger partial charge in [-0.1, -0.05) is 35.9 Å². The lowest BCUT2D eigenvalue weighted by Gasteiger charge is -2.37. The zero-order valence-corrected chi connectivity index (χ0v) is 13.6. The number of β-amino-alcohol motifs (C(OH)–C–C–N with tert-alkyl or cyclic N) is 1. The Labute approximate surface area is 140 Å². The minimum Gasteiger partial charge on any atom is -0.387 e. The Balaban J connectivity index is 1.56. The Morgan fingerprint density at radius 2 is 1.78 bits per heavy atom. The van der Waals surface area contributed by atoms with Gasteiger partial charge in [-0.05, 0) is 29.8 Å². The molecule has 0 radical (unpaired) electrons. The fourth-order valence-electron chi connectivity index (χ4n) is 2.94. The molecule has 0 aliphatic carbocycles. The molecule has 2 aromatic rings. The largest absolute Gasteiger partial charge is 0.387 e. The van der Waals surface area contributed by atoms with Gasteiger partial charge in [-0.15, -0.1) is 0 Å². The van der Waals surface area contributed by atoms with Crippen molar-refractivity contribution in [1.82, 2.24) is 4.90 Å². The summed E-state index contributed by atoms with van der Waals surface area (Å²) in [5, 5.41) is 11.0. The first kappa shape index (κ1) is 16.2. The predicted molar refractivity (Wildman–Crippen MR) is 91.5 cm³/mol. The standard InChI is InChI=1S/C18H20ClFN2O/c19-15-5-3-4-14(12-15)18(23)13-21-8-10-22(11-9-21)17-7-2-1-6-16(17)20/h1-7,12,18,23H,8-11,13H2/t18-/m0/s1. The maximum Gasteiger partial charge on any atom is 0.146 e. The van der Waals surface area contributed by atoms with Crippen LogP contribution in [0, 0.1) is 5.82 Å². The number of nitrogens with zero attached hydrogens (tertiary/aromatic N) is 2. The van der Waals surface area contributed by atoms with Crippen molar-refractivity contribution in [3.05, 3.63) is 64.9 Å². The first-order chi connectivity index (χ1) is 11.1. The Morgan fingerprint density at radius 1 is 1.04 bits per heavy atom. The van der Waals surface area contributed by atoms with Crippen molar-refractivity contribution in [3.8, 4) is 0 Å². The van der Waals surface area contributed by atoms with Gasteiger partial charge in [0.25, 0.3) is 0 Å². The number of anilines is 1. The van der Waals surface area contributed by atoms with Crippen molar-refractivity contribution >= 4 is 17.3 Å². The van der Waals surface area contributed by atoms with E-state index in [4.69, 9.17) is 11.6 Å². The number of para-hydroxylation sites is 1. The number of halogens is 2. The van der Waals surface area contributed by atoms with E-state index in [1.54, 1.807) is 18.2 Å². The number of hydrogen-bond donors (Lipinski definition) is 1. The molecule has 122 valence electrons. The normalized spacial score (nSPS) is 17.3. The van der Waals surface area contributed by atoms with Crippen LogP contribution < -0.4 is 4.90 Å². The van der Waals surface area contributed by atoms with Crippen LogP contribution in [0.5, 0.6) is 0 Å². The summed E-state index contributed by atoms with van der Waals surface area (Å²) in [7, 11) is 0. The number of benzene rings is 2. The van der Waals surface area contributed by atoms with Crippen molar-refractivity contribution in [2.75, 3.05) is 37.6 Å². The third kappa shape index (κ3) is 4.02. The Hall–Kier alpha value is -1.62. The molecule has 3 nitrogen and oxygen atoms in total. The van der Waals surface area contributed by atoms with Gasteiger partial charge in [0.1, 0.15) is 5.82 Å². The second-order valence-corrected chi connectivity index (χ2v) is 6.25. The van der Waals surface area contributed by atoms with E-state index < -0.39 is 6.10 Å². The molecule has 1 aliphatic heterocycles. The van der Waals surface area contributed by atoms with Crippen molar-refractivity contribution in [2.45, 2.75) is 6.10 Å². The van der Waals surface area contributed by atoms with Gasteiger partial charge in [-0.3, -0.25) is 4.90 Å². The highest BCUT2D eigenvalue weighted by atomic mass is 35.5. The third-order valence-corrected chi connectivity index (χ3v) is 4.47. The van der Waals surface area contributed by atoms with Gasteiger partial charge in [0.2, 0.25) is 0 Å². The van der Waals surface area contributed by atoms with Crippen LogP contribution in [0.25, 0.3) is 0 Å². The minimum atomic E-state index is -0.561. The summed E-state index contributed by atoms with van der Waals surface area (Å²) in [6.07, 6.45) is -0.561. The SMILES string of the molecule is O[C@@H](CN1CCN(c2ccccc2F)CC1)c1cccc(Cl)c1. The topological polar surface area (TPSA) is 26.7 Å². The minimum absolute atomic E-state index is 0.181. The monoisotopic (exact) mass is 334 g/mol. The highest BCUT2D eigenvalue weighted by Gasteiger charge is 2.21. The molecule has 23 heavy (non-hydrogen) atoms. The Kier molecular flexibility index (Phi) is 5.16. The van der Waals surface area contributed by atoms with E-state index in [9.17, 15) is 9.50 Å². The second-order valence-electron chi connectivity index (χ2n) is 5.81. The molecule has 0 saturated carbocycles. The Bertz CT molecular complexity index is 659. The highest BCUT2D eigenvalue weighted by Crippen LogP contribution is 2.22. The van der Waals surface area contributed by atoms with Crippen LogP contribution in [0.2, 0.25) is 5.02 Å². The molecule has 0 spiro atoms. The smallest absolute Gasteiger partial charge is 0.146 e. The summed E-state index contributed by atoms with van der Waals surface area (Å²) in [4.78, 5) is 4.25. The van der Waals surface area contributed by atoms with E-state index in [0.717, 1.165) is 31.7 Å². The van der Waals surface area contributed by atoms with Gasteiger partial charge in [0, 0.05) is 37.7 Å². The van der Waals surface area contributed by atoms with Crippen molar-refractivity contribution in [2.24, 2.45) is 0 Å². The Morgan fingerprint density at radius 3 is 2.48 bits per heavy atom. The van der Waals surface area contributed by atoms with Crippen molar-refractivity contribution < 1.29 is 9.50 Å². The number of rotatable bonds is 4. The van der Waals surface area contributed by atoms with Gasteiger partial charge in [-0.2, -0.15) is 0 Å². The molecule has 0 amide bonds. The lowest BCUT2D eigenvalue weighted by molar-refractivity contribution is 0.109. The molecule has 1 saturated heterocycles. The van der Waals surface area contributed by atoms with Gasteiger partial charge in [0.05, 0.1) is 11.8 Å². The van der Waals surface area contributed by atoms with E-state index in [0.29, 0.717) is 17.3 Å².